The number of ether oxygens (including phenoxy) is 2. The van der Waals surface area contributed by atoms with Crippen LogP contribution in [0.4, 0.5) is 5.69 Å². The third-order valence-electron chi connectivity index (χ3n) is 4.59. The van der Waals surface area contributed by atoms with Gasteiger partial charge < -0.3 is 20.1 Å². The van der Waals surface area contributed by atoms with Gasteiger partial charge in [-0.1, -0.05) is 12.8 Å². The third kappa shape index (κ3) is 4.55. The van der Waals surface area contributed by atoms with Crippen LogP contribution in [0, 0.1) is 0 Å². The molecule has 1 aliphatic carbocycles. The zero-order valence-electron chi connectivity index (χ0n) is 15.5. The number of pyridine rings is 1. The zero-order chi connectivity index (χ0) is 19.2. The molecule has 0 bridgehead atoms. The van der Waals surface area contributed by atoms with E-state index in [0.29, 0.717) is 22.7 Å². The molecule has 142 valence electrons. The van der Waals surface area contributed by atoms with Crippen molar-refractivity contribution in [2.75, 3.05) is 19.5 Å². The van der Waals surface area contributed by atoms with Gasteiger partial charge in [-0.15, -0.1) is 0 Å². The van der Waals surface area contributed by atoms with Gasteiger partial charge >= 0.3 is 0 Å². The maximum absolute atomic E-state index is 12.5. The first-order chi connectivity index (χ1) is 13.1. The summed E-state index contributed by atoms with van der Waals surface area (Å²) in [5, 5.41) is 5.76. The fourth-order valence-electron chi connectivity index (χ4n) is 3.14. The van der Waals surface area contributed by atoms with Crippen molar-refractivity contribution in [1.29, 1.82) is 0 Å². The molecule has 0 saturated heterocycles. The Morgan fingerprint density at radius 1 is 1.00 bits per heavy atom. The summed E-state index contributed by atoms with van der Waals surface area (Å²) in [6.07, 6.45) is 5.71. The van der Waals surface area contributed by atoms with Crippen LogP contribution in [0.2, 0.25) is 0 Å². The van der Waals surface area contributed by atoms with Crippen LogP contribution >= 0.6 is 0 Å². The molecule has 1 fully saturated rings. The SMILES string of the molecule is COc1ccc(NC(=O)c2ccnc(C(=O)NC3CCCC3)c2)cc1OC. The summed E-state index contributed by atoms with van der Waals surface area (Å²) >= 11 is 0. The first kappa shape index (κ1) is 18.7. The molecule has 2 N–H and O–H groups in total. The molecule has 7 nitrogen and oxygen atoms in total. The lowest BCUT2D eigenvalue weighted by molar-refractivity contribution is 0.0933. The highest BCUT2D eigenvalue weighted by Gasteiger charge is 2.19. The summed E-state index contributed by atoms with van der Waals surface area (Å²) in [4.78, 5) is 29.0. The molecule has 27 heavy (non-hydrogen) atoms. The summed E-state index contributed by atoms with van der Waals surface area (Å²) in [7, 11) is 3.08. The number of anilines is 1. The van der Waals surface area contributed by atoms with E-state index in [-0.39, 0.29) is 23.6 Å². The van der Waals surface area contributed by atoms with Crippen molar-refractivity contribution in [3.05, 3.63) is 47.8 Å². The minimum absolute atomic E-state index is 0.198. The molecule has 3 rings (SSSR count). The number of carbonyl (C=O) groups is 2. The number of rotatable bonds is 6. The average Bonchev–Trinajstić information content (AvgIpc) is 3.21. The second kappa shape index (κ2) is 8.53. The van der Waals surface area contributed by atoms with Gasteiger partial charge in [-0.05, 0) is 37.1 Å². The topological polar surface area (TPSA) is 89.5 Å². The largest absolute Gasteiger partial charge is 0.493 e. The quantitative estimate of drug-likeness (QED) is 0.817. The zero-order valence-corrected chi connectivity index (χ0v) is 15.5. The van der Waals surface area contributed by atoms with Gasteiger partial charge in [0.15, 0.2) is 11.5 Å². The van der Waals surface area contributed by atoms with Gasteiger partial charge in [-0.25, -0.2) is 0 Å². The summed E-state index contributed by atoms with van der Waals surface area (Å²) in [5.41, 5.74) is 1.16. The predicted molar refractivity (Wildman–Crippen MR) is 101 cm³/mol. The molecule has 2 amide bonds. The molecule has 1 heterocycles. The molecular weight excluding hydrogens is 346 g/mol. The maximum Gasteiger partial charge on any atom is 0.270 e. The summed E-state index contributed by atoms with van der Waals surface area (Å²) < 4.78 is 10.4. The van der Waals surface area contributed by atoms with Gasteiger partial charge in [0.2, 0.25) is 0 Å². The highest BCUT2D eigenvalue weighted by molar-refractivity contribution is 6.05. The second-order valence-electron chi connectivity index (χ2n) is 6.41. The van der Waals surface area contributed by atoms with E-state index in [4.69, 9.17) is 9.47 Å². The maximum atomic E-state index is 12.5. The van der Waals surface area contributed by atoms with Crippen molar-refractivity contribution in [3.63, 3.8) is 0 Å². The molecule has 1 aliphatic rings. The lowest BCUT2D eigenvalue weighted by atomic mass is 10.2. The monoisotopic (exact) mass is 369 g/mol. The predicted octanol–water partition coefficient (Wildman–Crippen LogP) is 3.02. The van der Waals surface area contributed by atoms with Crippen molar-refractivity contribution in [3.8, 4) is 11.5 Å². The number of amides is 2. The number of carbonyl (C=O) groups excluding carboxylic acids is 2. The molecule has 2 aromatic rings. The van der Waals surface area contributed by atoms with Gasteiger partial charge in [0.25, 0.3) is 11.8 Å². The molecule has 1 aromatic carbocycles. The Hall–Kier alpha value is -3.09. The van der Waals surface area contributed by atoms with Crippen LogP contribution in [-0.2, 0) is 0 Å². The number of aromatic nitrogens is 1. The first-order valence-electron chi connectivity index (χ1n) is 8.91. The minimum atomic E-state index is -0.334. The third-order valence-corrected chi connectivity index (χ3v) is 4.59. The molecular formula is C20H23N3O4. The van der Waals surface area contributed by atoms with Crippen molar-refractivity contribution in [2.24, 2.45) is 0 Å². The Morgan fingerprint density at radius 2 is 1.74 bits per heavy atom. The highest BCUT2D eigenvalue weighted by Crippen LogP contribution is 2.29. The van der Waals surface area contributed by atoms with Crippen LogP contribution in [-0.4, -0.2) is 37.1 Å². The Morgan fingerprint density at radius 3 is 2.44 bits per heavy atom. The lowest BCUT2D eigenvalue weighted by Gasteiger charge is -2.12. The Balaban J connectivity index is 1.70. The molecule has 0 unspecified atom stereocenters. The van der Waals surface area contributed by atoms with Crippen LogP contribution in [0.15, 0.2) is 36.5 Å². The number of nitrogens with one attached hydrogen (secondary N) is 2. The molecule has 0 aliphatic heterocycles. The van der Waals surface area contributed by atoms with Gasteiger partial charge in [0.1, 0.15) is 5.69 Å². The van der Waals surface area contributed by atoms with E-state index >= 15 is 0 Å². The minimum Gasteiger partial charge on any atom is -0.493 e. The standard InChI is InChI=1S/C20H23N3O4/c1-26-17-8-7-15(12-18(17)27-2)23-19(24)13-9-10-21-16(11-13)20(25)22-14-5-3-4-6-14/h7-12,14H,3-6H2,1-2H3,(H,22,25)(H,23,24). The number of benzene rings is 1. The molecule has 1 saturated carbocycles. The van der Waals surface area contributed by atoms with E-state index in [9.17, 15) is 9.59 Å². The van der Waals surface area contributed by atoms with E-state index in [1.807, 2.05) is 0 Å². The number of methoxy groups -OCH3 is 2. The smallest absolute Gasteiger partial charge is 0.270 e. The van der Waals surface area contributed by atoms with Crippen molar-refractivity contribution in [1.82, 2.24) is 10.3 Å². The van der Waals surface area contributed by atoms with Crippen LogP contribution in [0.1, 0.15) is 46.5 Å². The normalized spacial score (nSPS) is 13.9. The summed E-state index contributed by atoms with van der Waals surface area (Å²) in [6.45, 7) is 0. The second-order valence-corrected chi connectivity index (χ2v) is 6.41. The van der Waals surface area contributed by atoms with Crippen molar-refractivity contribution in [2.45, 2.75) is 31.7 Å². The first-order valence-corrected chi connectivity index (χ1v) is 8.91. The van der Waals surface area contributed by atoms with Crippen molar-refractivity contribution < 1.29 is 19.1 Å². The van der Waals surface area contributed by atoms with E-state index in [1.165, 1.54) is 19.4 Å². The highest BCUT2D eigenvalue weighted by atomic mass is 16.5. The lowest BCUT2D eigenvalue weighted by Crippen LogP contribution is -2.33. The van der Waals surface area contributed by atoms with Crippen LogP contribution in [0.3, 0.4) is 0 Å². The Bertz CT molecular complexity index is 832. The fourth-order valence-corrected chi connectivity index (χ4v) is 3.14. The van der Waals surface area contributed by atoms with E-state index in [1.54, 1.807) is 31.4 Å². The van der Waals surface area contributed by atoms with Crippen LogP contribution in [0.25, 0.3) is 0 Å². The van der Waals surface area contributed by atoms with Gasteiger partial charge in [0, 0.05) is 29.6 Å². The molecule has 0 atom stereocenters. The Kier molecular flexibility index (Phi) is 5.90. The summed E-state index contributed by atoms with van der Waals surface area (Å²) in [6, 6.07) is 8.37. The average molecular weight is 369 g/mol. The summed E-state index contributed by atoms with van der Waals surface area (Å²) in [5.74, 6) is 0.508. The number of hydrogen-bond acceptors (Lipinski definition) is 5. The molecule has 1 aromatic heterocycles. The number of nitrogens with zero attached hydrogens (tertiary/aromatic N) is 1. The van der Waals surface area contributed by atoms with Crippen LogP contribution in [0.5, 0.6) is 11.5 Å². The van der Waals surface area contributed by atoms with E-state index < -0.39 is 0 Å². The molecule has 0 radical (unpaired) electrons. The molecule has 7 heteroatoms. The Labute approximate surface area is 158 Å². The van der Waals surface area contributed by atoms with Gasteiger partial charge in [-0.2, -0.15) is 0 Å². The van der Waals surface area contributed by atoms with E-state index in [0.717, 1.165) is 25.7 Å². The number of hydrogen-bond donors (Lipinski definition) is 2. The van der Waals surface area contributed by atoms with Gasteiger partial charge in [0.05, 0.1) is 14.2 Å². The van der Waals surface area contributed by atoms with Crippen LogP contribution < -0.4 is 20.1 Å². The fraction of sp³-hybridized carbons (Fsp3) is 0.350. The van der Waals surface area contributed by atoms with Crippen molar-refractivity contribution >= 4 is 17.5 Å². The van der Waals surface area contributed by atoms with E-state index in [2.05, 4.69) is 15.6 Å². The molecule has 0 spiro atoms. The van der Waals surface area contributed by atoms with Gasteiger partial charge in [-0.3, -0.25) is 14.6 Å².